The van der Waals surface area contributed by atoms with E-state index in [-0.39, 0.29) is 4.90 Å². The molecule has 3 N–H and O–H groups in total. The maximum absolute atomic E-state index is 12.4. The fraction of sp³-hybridized carbons (Fsp3) is 0.143. The van der Waals surface area contributed by atoms with Crippen molar-refractivity contribution in [2.24, 2.45) is 5.73 Å². The first kappa shape index (κ1) is 16.4. The van der Waals surface area contributed by atoms with Crippen molar-refractivity contribution >= 4 is 43.4 Å². The van der Waals surface area contributed by atoms with E-state index in [1.807, 2.05) is 18.4 Å². The molecule has 112 valence electrons. The van der Waals surface area contributed by atoms with Crippen LogP contribution >= 0.6 is 27.7 Å². The lowest BCUT2D eigenvalue weighted by Crippen LogP contribution is -2.13. The minimum absolute atomic E-state index is 0.189. The van der Waals surface area contributed by atoms with Crippen molar-refractivity contribution in [3.63, 3.8) is 0 Å². The molecule has 0 aliphatic rings. The predicted octanol–water partition coefficient (Wildman–Crippen LogP) is 3.43. The Morgan fingerprint density at radius 2 is 1.86 bits per heavy atom. The minimum Gasteiger partial charge on any atom is -0.326 e. The zero-order valence-corrected chi connectivity index (χ0v) is 14.6. The molecular formula is C14H15BrN2O2S2. The van der Waals surface area contributed by atoms with Gasteiger partial charge in [0.15, 0.2) is 0 Å². The molecular weight excluding hydrogens is 372 g/mol. The Kier molecular flexibility index (Phi) is 5.32. The smallest absolute Gasteiger partial charge is 0.263 e. The standard InChI is InChI=1S/C14H15BrN2O2S2/c1-20-12-5-3-11(4-6-12)17-21(18,19)14-7-2-10(9-16)8-13(14)15/h2-8,17H,9,16H2,1H3. The molecule has 4 nitrogen and oxygen atoms in total. The Morgan fingerprint density at radius 1 is 1.19 bits per heavy atom. The van der Waals surface area contributed by atoms with E-state index in [0.29, 0.717) is 16.7 Å². The van der Waals surface area contributed by atoms with Gasteiger partial charge in [-0.2, -0.15) is 0 Å². The van der Waals surface area contributed by atoms with Crippen LogP contribution in [0.4, 0.5) is 5.69 Å². The molecule has 0 aliphatic heterocycles. The summed E-state index contributed by atoms with van der Waals surface area (Å²) in [7, 11) is -3.63. The molecule has 0 fully saturated rings. The number of nitrogens with two attached hydrogens (primary N) is 1. The molecule has 0 aliphatic carbocycles. The van der Waals surface area contributed by atoms with E-state index >= 15 is 0 Å². The molecule has 2 rings (SSSR count). The molecule has 21 heavy (non-hydrogen) atoms. The van der Waals surface area contributed by atoms with Crippen molar-refractivity contribution < 1.29 is 8.42 Å². The molecule has 0 unspecified atom stereocenters. The second-order valence-electron chi connectivity index (χ2n) is 4.30. The van der Waals surface area contributed by atoms with E-state index in [4.69, 9.17) is 5.73 Å². The van der Waals surface area contributed by atoms with Crippen LogP contribution in [0.15, 0.2) is 56.7 Å². The van der Waals surface area contributed by atoms with Gasteiger partial charge in [-0.25, -0.2) is 8.42 Å². The lowest BCUT2D eigenvalue weighted by Gasteiger charge is -2.11. The molecule has 0 bridgehead atoms. The largest absolute Gasteiger partial charge is 0.326 e. The van der Waals surface area contributed by atoms with Gasteiger partial charge in [0.2, 0.25) is 0 Å². The summed E-state index contributed by atoms with van der Waals surface area (Å²) in [5.41, 5.74) is 6.94. The first-order valence-electron chi connectivity index (χ1n) is 6.11. The molecule has 0 heterocycles. The summed E-state index contributed by atoms with van der Waals surface area (Å²) in [4.78, 5) is 1.26. The van der Waals surface area contributed by atoms with E-state index in [1.165, 1.54) is 0 Å². The number of hydrogen-bond acceptors (Lipinski definition) is 4. The van der Waals surface area contributed by atoms with Gasteiger partial charge in [-0.1, -0.05) is 6.07 Å². The first-order chi connectivity index (χ1) is 9.96. The van der Waals surface area contributed by atoms with Gasteiger partial charge in [0.05, 0.1) is 0 Å². The van der Waals surface area contributed by atoms with Gasteiger partial charge in [-0.15, -0.1) is 11.8 Å². The topological polar surface area (TPSA) is 72.2 Å². The van der Waals surface area contributed by atoms with Gasteiger partial charge >= 0.3 is 0 Å². The van der Waals surface area contributed by atoms with Crippen LogP contribution in [0.5, 0.6) is 0 Å². The zero-order valence-electron chi connectivity index (χ0n) is 11.3. The second kappa shape index (κ2) is 6.83. The number of anilines is 1. The maximum atomic E-state index is 12.4. The van der Waals surface area contributed by atoms with Crippen LogP contribution < -0.4 is 10.5 Å². The molecule has 7 heteroatoms. The number of thioether (sulfide) groups is 1. The number of rotatable bonds is 5. The van der Waals surface area contributed by atoms with Crippen LogP contribution in [-0.2, 0) is 16.6 Å². The Balaban J connectivity index is 2.29. The summed E-state index contributed by atoms with van der Waals surface area (Å²) in [6.45, 7) is 0.364. The third-order valence-corrected chi connectivity index (χ3v) is 5.97. The van der Waals surface area contributed by atoms with Gasteiger partial charge in [0.1, 0.15) is 4.90 Å². The molecule has 2 aromatic rings. The molecule has 0 amide bonds. The summed E-state index contributed by atoms with van der Waals surface area (Å²) in [5.74, 6) is 0. The zero-order chi connectivity index (χ0) is 15.5. The van der Waals surface area contributed by atoms with Gasteiger partial charge < -0.3 is 5.73 Å². The van der Waals surface area contributed by atoms with E-state index in [1.54, 1.807) is 42.1 Å². The van der Waals surface area contributed by atoms with Crippen LogP contribution in [-0.4, -0.2) is 14.7 Å². The van der Waals surface area contributed by atoms with Gasteiger partial charge in [-0.3, -0.25) is 4.72 Å². The monoisotopic (exact) mass is 386 g/mol. The van der Waals surface area contributed by atoms with Crippen molar-refractivity contribution in [3.8, 4) is 0 Å². The van der Waals surface area contributed by atoms with Crippen molar-refractivity contribution in [3.05, 3.63) is 52.5 Å². The number of sulfonamides is 1. The SMILES string of the molecule is CSc1ccc(NS(=O)(=O)c2ccc(CN)cc2Br)cc1. The third-order valence-electron chi connectivity index (χ3n) is 2.86. The van der Waals surface area contributed by atoms with E-state index < -0.39 is 10.0 Å². The van der Waals surface area contributed by atoms with Gasteiger partial charge in [0.25, 0.3) is 10.0 Å². The Bertz CT molecular complexity index is 731. The fourth-order valence-electron chi connectivity index (χ4n) is 1.76. The molecule has 0 radical (unpaired) electrons. The van der Waals surface area contributed by atoms with E-state index in [2.05, 4.69) is 20.7 Å². The lowest BCUT2D eigenvalue weighted by molar-refractivity contribution is 0.600. The van der Waals surface area contributed by atoms with E-state index in [0.717, 1.165) is 10.5 Å². The highest BCUT2D eigenvalue weighted by Gasteiger charge is 2.17. The predicted molar refractivity (Wildman–Crippen MR) is 91.1 cm³/mol. The maximum Gasteiger partial charge on any atom is 0.263 e. The summed E-state index contributed by atoms with van der Waals surface area (Å²) in [5, 5.41) is 0. The summed E-state index contributed by atoms with van der Waals surface area (Å²) in [6.07, 6.45) is 1.97. The van der Waals surface area contributed by atoms with Crippen molar-refractivity contribution in [1.29, 1.82) is 0 Å². The molecule has 2 aromatic carbocycles. The number of benzene rings is 2. The second-order valence-corrected chi connectivity index (χ2v) is 7.69. The van der Waals surface area contributed by atoms with Crippen LogP contribution in [0, 0.1) is 0 Å². The Morgan fingerprint density at radius 3 is 2.38 bits per heavy atom. The molecule has 0 spiro atoms. The van der Waals surface area contributed by atoms with Crippen LogP contribution in [0.2, 0.25) is 0 Å². The Labute approximate surface area is 137 Å². The van der Waals surface area contributed by atoms with Crippen molar-refractivity contribution in [2.75, 3.05) is 11.0 Å². The minimum atomic E-state index is -3.63. The Hall–Kier alpha value is -1.02. The summed E-state index contributed by atoms with van der Waals surface area (Å²) < 4.78 is 27.9. The normalized spacial score (nSPS) is 11.4. The summed E-state index contributed by atoms with van der Waals surface area (Å²) >= 11 is 4.88. The van der Waals surface area contributed by atoms with Crippen LogP contribution in [0.25, 0.3) is 0 Å². The number of hydrogen-bond donors (Lipinski definition) is 2. The molecule has 0 atom stereocenters. The average molecular weight is 387 g/mol. The lowest BCUT2D eigenvalue weighted by atomic mass is 10.2. The van der Waals surface area contributed by atoms with Crippen molar-refractivity contribution in [2.45, 2.75) is 16.3 Å². The summed E-state index contributed by atoms with van der Waals surface area (Å²) in [6, 6.07) is 12.2. The molecule has 0 saturated heterocycles. The first-order valence-corrected chi connectivity index (χ1v) is 9.62. The molecule has 0 saturated carbocycles. The highest BCUT2D eigenvalue weighted by atomic mass is 79.9. The third kappa shape index (κ3) is 4.00. The van der Waals surface area contributed by atoms with Gasteiger partial charge in [0, 0.05) is 21.6 Å². The molecule has 0 aromatic heterocycles. The van der Waals surface area contributed by atoms with Crippen LogP contribution in [0.3, 0.4) is 0 Å². The number of halogens is 1. The van der Waals surface area contributed by atoms with Crippen LogP contribution in [0.1, 0.15) is 5.56 Å². The quantitative estimate of drug-likeness (QED) is 0.771. The van der Waals surface area contributed by atoms with Gasteiger partial charge in [-0.05, 0) is 64.1 Å². The average Bonchev–Trinajstić information content (AvgIpc) is 2.47. The fourth-order valence-corrected chi connectivity index (χ4v) is 4.35. The van der Waals surface area contributed by atoms with E-state index in [9.17, 15) is 8.42 Å². The highest BCUT2D eigenvalue weighted by Crippen LogP contribution is 2.26. The van der Waals surface area contributed by atoms with Crippen molar-refractivity contribution in [1.82, 2.24) is 0 Å². The highest BCUT2D eigenvalue weighted by molar-refractivity contribution is 9.10. The number of nitrogens with one attached hydrogen (secondary N) is 1.